The van der Waals surface area contributed by atoms with Crippen molar-refractivity contribution in [1.29, 1.82) is 0 Å². The number of nitrogens with two attached hydrogens (primary N) is 1. The lowest BCUT2D eigenvalue weighted by atomic mass is 10.0. The van der Waals surface area contributed by atoms with Crippen molar-refractivity contribution in [1.82, 2.24) is 4.90 Å². The highest BCUT2D eigenvalue weighted by molar-refractivity contribution is 6.30. The molecule has 0 aliphatic carbocycles. The van der Waals surface area contributed by atoms with Gasteiger partial charge in [-0.1, -0.05) is 11.6 Å². The maximum absolute atomic E-state index is 6.13. The van der Waals surface area contributed by atoms with Crippen LogP contribution in [0.3, 0.4) is 0 Å². The summed E-state index contributed by atoms with van der Waals surface area (Å²) in [5, 5.41) is 0.793. The SMILES string of the molecule is CC(N)Cc1cc(Cl)ccc1N1CCN(C)CC1C. The topological polar surface area (TPSA) is 32.5 Å². The van der Waals surface area contributed by atoms with Crippen LogP contribution >= 0.6 is 11.6 Å². The fraction of sp³-hybridized carbons (Fsp3) is 0.600. The van der Waals surface area contributed by atoms with E-state index in [0.29, 0.717) is 6.04 Å². The van der Waals surface area contributed by atoms with Crippen molar-refractivity contribution in [3.8, 4) is 0 Å². The molecule has 0 spiro atoms. The van der Waals surface area contributed by atoms with Gasteiger partial charge < -0.3 is 15.5 Å². The summed E-state index contributed by atoms with van der Waals surface area (Å²) < 4.78 is 0. The number of halogens is 1. The summed E-state index contributed by atoms with van der Waals surface area (Å²) in [6.07, 6.45) is 0.870. The molecule has 0 bridgehead atoms. The Morgan fingerprint density at radius 3 is 2.79 bits per heavy atom. The third-order valence-electron chi connectivity index (χ3n) is 3.72. The Morgan fingerprint density at radius 1 is 1.42 bits per heavy atom. The first-order valence-corrected chi connectivity index (χ1v) is 7.34. The summed E-state index contributed by atoms with van der Waals surface area (Å²) in [7, 11) is 2.18. The molecular formula is C15H24ClN3. The monoisotopic (exact) mass is 281 g/mol. The number of likely N-dealkylation sites (N-methyl/N-ethyl adjacent to an activating group) is 1. The van der Waals surface area contributed by atoms with Gasteiger partial charge in [0.2, 0.25) is 0 Å². The second-order valence-electron chi connectivity index (χ2n) is 5.76. The Bertz CT molecular complexity index is 433. The van der Waals surface area contributed by atoms with E-state index in [-0.39, 0.29) is 6.04 Å². The van der Waals surface area contributed by atoms with Crippen LogP contribution in [0.5, 0.6) is 0 Å². The molecule has 1 fully saturated rings. The van der Waals surface area contributed by atoms with E-state index in [1.54, 1.807) is 0 Å². The van der Waals surface area contributed by atoms with Crippen molar-refractivity contribution < 1.29 is 0 Å². The standard InChI is InChI=1S/C15H24ClN3/c1-11(17)8-13-9-14(16)4-5-15(13)19-7-6-18(3)10-12(19)2/h4-5,9,11-12H,6-8,10,17H2,1-3H3. The number of rotatable bonds is 3. The predicted molar refractivity (Wildman–Crippen MR) is 83.1 cm³/mol. The number of piperazine rings is 1. The van der Waals surface area contributed by atoms with Crippen LogP contribution in [0.15, 0.2) is 18.2 Å². The molecule has 1 aliphatic rings. The van der Waals surface area contributed by atoms with Crippen molar-refractivity contribution in [2.45, 2.75) is 32.4 Å². The first kappa shape index (κ1) is 14.6. The minimum Gasteiger partial charge on any atom is -0.366 e. The maximum atomic E-state index is 6.13. The Kier molecular flexibility index (Phi) is 4.71. The van der Waals surface area contributed by atoms with Gasteiger partial charge >= 0.3 is 0 Å². The summed E-state index contributed by atoms with van der Waals surface area (Å²) >= 11 is 6.13. The van der Waals surface area contributed by atoms with Crippen LogP contribution in [0.25, 0.3) is 0 Å². The summed E-state index contributed by atoms with van der Waals surface area (Å²) in [4.78, 5) is 4.86. The molecular weight excluding hydrogens is 258 g/mol. The molecule has 1 saturated heterocycles. The van der Waals surface area contributed by atoms with Gasteiger partial charge in [0.05, 0.1) is 0 Å². The number of benzene rings is 1. The maximum Gasteiger partial charge on any atom is 0.0410 e. The highest BCUT2D eigenvalue weighted by atomic mass is 35.5. The van der Waals surface area contributed by atoms with Gasteiger partial charge in [-0.3, -0.25) is 0 Å². The Labute approximate surface area is 121 Å². The molecule has 0 aromatic heterocycles. The lowest BCUT2D eigenvalue weighted by molar-refractivity contribution is 0.275. The molecule has 0 radical (unpaired) electrons. The van der Waals surface area contributed by atoms with E-state index < -0.39 is 0 Å². The highest BCUT2D eigenvalue weighted by Gasteiger charge is 2.23. The van der Waals surface area contributed by atoms with E-state index in [4.69, 9.17) is 17.3 Å². The molecule has 1 aromatic carbocycles. The molecule has 1 heterocycles. The van der Waals surface area contributed by atoms with Crippen LogP contribution < -0.4 is 10.6 Å². The van der Waals surface area contributed by atoms with Crippen molar-refractivity contribution >= 4 is 17.3 Å². The molecule has 2 unspecified atom stereocenters. The number of nitrogens with zero attached hydrogens (tertiary/aromatic N) is 2. The molecule has 0 amide bonds. The Hall–Kier alpha value is -0.770. The van der Waals surface area contributed by atoms with Gasteiger partial charge in [0.15, 0.2) is 0 Å². The van der Waals surface area contributed by atoms with Gasteiger partial charge in [0.25, 0.3) is 0 Å². The predicted octanol–water partition coefficient (Wildman–Crippen LogP) is 2.37. The highest BCUT2D eigenvalue weighted by Crippen LogP contribution is 2.28. The first-order valence-electron chi connectivity index (χ1n) is 6.96. The van der Waals surface area contributed by atoms with Crippen molar-refractivity contribution in [2.75, 3.05) is 31.6 Å². The molecule has 3 nitrogen and oxygen atoms in total. The van der Waals surface area contributed by atoms with Crippen LogP contribution in [-0.4, -0.2) is 43.7 Å². The smallest absolute Gasteiger partial charge is 0.0410 e. The van der Waals surface area contributed by atoms with Gasteiger partial charge in [0, 0.05) is 42.4 Å². The summed E-state index contributed by atoms with van der Waals surface area (Å²) in [5.74, 6) is 0. The lowest BCUT2D eigenvalue weighted by Crippen LogP contribution is -2.50. The average Bonchev–Trinajstić information content (AvgIpc) is 2.30. The van der Waals surface area contributed by atoms with Gasteiger partial charge in [-0.25, -0.2) is 0 Å². The lowest BCUT2D eigenvalue weighted by Gasteiger charge is -2.41. The van der Waals surface area contributed by atoms with E-state index in [0.717, 1.165) is 31.1 Å². The largest absolute Gasteiger partial charge is 0.366 e. The zero-order valence-corrected chi connectivity index (χ0v) is 12.8. The van der Waals surface area contributed by atoms with Crippen LogP contribution in [-0.2, 0) is 6.42 Å². The third-order valence-corrected chi connectivity index (χ3v) is 3.96. The molecule has 4 heteroatoms. The van der Waals surface area contributed by atoms with Crippen molar-refractivity contribution in [2.24, 2.45) is 5.73 Å². The summed E-state index contributed by atoms with van der Waals surface area (Å²) in [5.41, 5.74) is 8.52. The van der Waals surface area contributed by atoms with Crippen molar-refractivity contribution in [3.05, 3.63) is 28.8 Å². The second kappa shape index (κ2) is 6.12. The van der Waals surface area contributed by atoms with Crippen LogP contribution in [0, 0.1) is 0 Å². The van der Waals surface area contributed by atoms with Crippen LogP contribution in [0.4, 0.5) is 5.69 Å². The van der Waals surface area contributed by atoms with Gasteiger partial charge in [-0.15, -0.1) is 0 Å². The zero-order valence-electron chi connectivity index (χ0n) is 12.1. The second-order valence-corrected chi connectivity index (χ2v) is 6.20. The number of hydrogen-bond acceptors (Lipinski definition) is 3. The van der Waals surface area contributed by atoms with E-state index in [1.165, 1.54) is 11.3 Å². The Balaban J connectivity index is 2.27. The zero-order chi connectivity index (χ0) is 14.0. The number of anilines is 1. The fourth-order valence-electron chi connectivity index (χ4n) is 2.84. The summed E-state index contributed by atoms with van der Waals surface area (Å²) in [6.45, 7) is 7.58. The molecule has 106 valence electrons. The molecule has 2 N–H and O–H groups in total. The molecule has 1 aliphatic heterocycles. The molecule has 2 rings (SSSR count). The third kappa shape index (κ3) is 3.62. The van der Waals surface area contributed by atoms with Crippen LogP contribution in [0.2, 0.25) is 5.02 Å². The summed E-state index contributed by atoms with van der Waals surface area (Å²) in [6, 6.07) is 6.85. The van der Waals surface area contributed by atoms with Crippen LogP contribution in [0.1, 0.15) is 19.4 Å². The van der Waals surface area contributed by atoms with Gasteiger partial charge in [-0.05, 0) is 51.1 Å². The molecule has 1 aromatic rings. The first-order chi connectivity index (χ1) is 8.97. The van der Waals surface area contributed by atoms with Crippen molar-refractivity contribution in [3.63, 3.8) is 0 Å². The molecule has 2 atom stereocenters. The average molecular weight is 282 g/mol. The van der Waals surface area contributed by atoms with E-state index in [9.17, 15) is 0 Å². The minimum atomic E-state index is 0.153. The fourth-order valence-corrected chi connectivity index (χ4v) is 3.04. The Morgan fingerprint density at radius 2 is 2.16 bits per heavy atom. The quantitative estimate of drug-likeness (QED) is 0.923. The number of hydrogen-bond donors (Lipinski definition) is 1. The van der Waals surface area contributed by atoms with E-state index in [1.807, 2.05) is 13.0 Å². The molecule has 0 saturated carbocycles. The van der Waals surface area contributed by atoms with Gasteiger partial charge in [-0.2, -0.15) is 0 Å². The van der Waals surface area contributed by atoms with E-state index in [2.05, 4.69) is 35.9 Å². The normalized spacial score (nSPS) is 22.6. The minimum absolute atomic E-state index is 0.153. The van der Waals surface area contributed by atoms with E-state index >= 15 is 0 Å². The molecule has 19 heavy (non-hydrogen) atoms. The van der Waals surface area contributed by atoms with Gasteiger partial charge in [0.1, 0.15) is 0 Å².